The third-order valence-electron chi connectivity index (χ3n) is 3.42. The lowest BCUT2D eigenvalue weighted by atomic mass is 10.2. The first-order chi connectivity index (χ1) is 8.40. The molecule has 3 rings (SSSR count). The molecule has 2 aliphatic heterocycles. The van der Waals surface area contributed by atoms with E-state index < -0.39 is 0 Å². The molecule has 0 saturated carbocycles. The van der Waals surface area contributed by atoms with Gasteiger partial charge in [0.05, 0.1) is 25.4 Å². The second-order valence-corrected chi connectivity index (χ2v) is 4.92. The summed E-state index contributed by atoms with van der Waals surface area (Å²) in [5.41, 5.74) is 1.26. The zero-order valence-electron chi connectivity index (χ0n) is 10.0. The molecule has 2 heterocycles. The minimum Gasteiger partial charge on any atom is -0.372 e. The molecule has 3 nitrogen and oxygen atoms in total. The SMILES string of the molecule is c1ccc(COC2CCN(C[C@@H]3CO3)C2)cc1. The summed E-state index contributed by atoms with van der Waals surface area (Å²) in [5.74, 6) is 0. The molecule has 2 aliphatic rings. The van der Waals surface area contributed by atoms with Gasteiger partial charge >= 0.3 is 0 Å². The lowest BCUT2D eigenvalue weighted by Crippen LogP contribution is -2.27. The standard InChI is InChI=1S/C14H19NO2/c1-2-4-12(5-3-1)10-16-13-6-7-15(8-13)9-14-11-17-14/h1-5,13-14H,6-11H2/t13?,14-/m1/s1. The quantitative estimate of drug-likeness (QED) is 0.723. The first kappa shape index (κ1) is 11.2. The first-order valence-electron chi connectivity index (χ1n) is 6.39. The number of benzene rings is 1. The fraction of sp³-hybridized carbons (Fsp3) is 0.571. The Balaban J connectivity index is 1.41. The Hall–Kier alpha value is -0.900. The van der Waals surface area contributed by atoms with Crippen LogP contribution in [0.25, 0.3) is 0 Å². The van der Waals surface area contributed by atoms with Gasteiger partial charge in [-0.05, 0) is 12.0 Å². The van der Waals surface area contributed by atoms with E-state index in [9.17, 15) is 0 Å². The molecule has 3 heteroatoms. The van der Waals surface area contributed by atoms with Gasteiger partial charge in [0.25, 0.3) is 0 Å². The van der Waals surface area contributed by atoms with E-state index in [2.05, 4.69) is 29.2 Å². The van der Waals surface area contributed by atoms with Crippen molar-refractivity contribution < 1.29 is 9.47 Å². The molecule has 0 aromatic heterocycles. The van der Waals surface area contributed by atoms with E-state index in [-0.39, 0.29) is 0 Å². The van der Waals surface area contributed by atoms with Crippen molar-refractivity contribution >= 4 is 0 Å². The van der Waals surface area contributed by atoms with E-state index >= 15 is 0 Å². The molecule has 0 amide bonds. The Labute approximate surface area is 102 Å². The topological polar surface area (TPSA) is 25.0 Å². The van der Waals surface area contributed by atoms with Gasteiger partial charge in [-0.1, -0.05) is 30.3 Å². The molecule has 2 saturated heterocycles. The molecular weight excluding hydrogens is 214 g/mol. The molecule has 0 spiro atoms. The summed E-state index contributed by atoms with van der Waals surface area (Å²) in [4.78, 5) is 2.45. The maximum absolute atomic E-state index is 5.94. The van der Waals surface area contributed by atoms with Crippen LogP contribution in [0.2, 0.25) is 0 Å². The van der Waals surface area contributed by atoms with Crippen LogP contribution in [0.3, 0.4) is 0 Å². The smallest absolute Gasteiger partial charge is 0.0936 e. The molecule has 0 radical (unpaired) electrons. The van der Waals surface area contributed by atoms with Crippen LogP contribution in [0.5, 0.6) is 0 Å². The molecule has 92 valence electrons. The van der Waals surface area contributed by atoms with Gasteiger partial charge < -0.3 is 9.47 Å². The average Bonchev–Trinajstić information content (AvgIpc) is 3.06. The van der Waals surface area contributed by atoms with Gasteiger partial charge in [0.15, 0.2) is 0 Å². The summed E-state index contributed by atoms with van der Waals surface area (Å²) in [5, 5.41) is 0. The van der Waals surface area contributed by atoms with Crippen molar-refractivity contribution in [3.8, 4) is 0 Å². The van der Waals surface area contributed by atoms with E-state index in [1.165, 1.54) is 5.56 Å². The number of ether oxygens (including phenoxy) is 2. The summed E-state index contributed by atoms with van der Waals surface area (Å²) >= 11 is 0. The van der Waals surface area contributed by atoms with Crippen molar-refractivity contribution in [2.75, 3.05) is 26.2 Å². The third kappa shape index (κ3) is 3.28. The first-order valence-corrected chi connectivity index (χ1v) is 6.39. The molecule has 2 atom stereocenters. The third-order valence-corrected chi connectivity index (χ3v) is 3.42. The fourth-order valence-corrected chi connectivity index (χ4v) is 2.35. The lowest BCUT2D eigenvalue weighted by Gasteiger charge is -2.15. The van der Waals surface area contributed by atoms with Gasteiger partial charge in [-0.3, -0.25) is 4.90 Å². The molecule has 2 fully saturated rings. The van der Waals surface area contributed by atoms with Crippen molar-refractivity contribution in [2.24, 2.45) is 0 Å². The second-order valence-electron chi connectivity index (χ2n) is 4.92. The van der Waals surface area contributed by atoms with Crippen LogP contribution in [0, 0.1) is 0 Å². The number of nitrogens with zero attached hydrogens (tertiary/aromatic N) is 1. The fourth-order valence-electron chi connectivity index (χ4n) is 2.35. The second kappa shape index (κ2) is 5.17. The van der Waals surface area contributed by atoms with Crippen molar-refractivity contribution in [1.82, 2.24) is 4.90 Å². The van der Waals surface area contributed by atoms with Gasteiger partial charge in [-0.15, -0.1) is 0 Å². The Morgan fingerprint density at radius 2 is 2.12 bits per heavy atom. The van der Waals surface area contributed by atoms with Gasteiger partial charge in [0.1, 0.15) is 0 Å². The summed E-state index contributed by atoms with van der Waals surface area (Å²) in [6.07, 6.45) is 2.05. The zero-order valence-corrected chi connectivity index (χ0v) is 10.0. The highest BCUT2D eigenvalue weighted by molar-refractivity contribution is 5.13. The number of epoxide rings is 1. The summed E-state index contributed by atoms with van der Waals surface area (Å²) in [7, 11) is 0. The Morgan fingerprint density at radius 3 is 2.88 bits per heavy atom. The Kier molecular flexibility index (Phi) is 3.41. The monoisotopic (exact) mass is 233 g/mol. The molecule has 1 aromatic carbocycles. The molecule has 1 unspecified atom stereocenters. The largest absolute Gasteiger partial charge is 0.372 e. The van der Waals surface area contributed by atoms with E-state index in [0.717, 1.165) is 39.3 Å². The van der Waals surface area contributed by atoms with Crippen molar-refractivity contribution in [1.29, 1.82) is 0 Å². The predicted molar refractivity (Wildman–Crippen MR) is 65.8 cm³/mol. The Bertz CT molecular complexity index is 350. The maximum Gasteiger partial charge on any atom is 0.0936 e. The number of likely N-dealkylation sites (tertiary alicyclic amines) is 1. The van der Waals surface area contributed by atoms with Crippen LogP contribution in [-0.4, -0.2) is 43.3 Å². The van der Waals surface area contributed by atoms with Crippen LogP contribution >= 0.6 is 0 Å². The van der Waals surface area contributed by atoms with Crippen LogP contribution in [-0.2, 0) is 16.1 Å². The summed E-state index contributed by atoms with van der Waals surface area (Å²) in [6.45, 7) is 4.99. The van der Waals surface area contributed by atoms with Crippen molar-refractivity contribution in [3.05, 3.63) is 35.9 Å². The average molecular weight is 233 g/mol. The molecule has 1 aromatic rings. The normalized spacial score (nSPS) is 28.5. The molecule has 0 bridgehead atoms. The van der Waals surface area contributed by atoms with Gasteiger partial charge in [-0.2, -0.15) is 0 Å². The minimum absolute atomic E-state index is 0.397. The number of hydrogen-bond donors (Lipinski definition) is 0. The van der Waals surface area contributed by atoms with E-state index in [1.54, 1.807) is 0 Å². The number of hydrogen-bond acceptors (Lipinski definition) is 3. The van der Waals surface area contributed by atoms with Gasteiger partial charge in [0.2, 0.25) is 0 Å². The van der Waals surface area contributed by atoms with Crippen LogP contribution in [0.15, 0.2) is 30.3 Å². The van der Waals surface area contributed by atoms with Crippen molar-refractivity contribution in [3.63, 3.8) is 0 Å². The van der Waals surface area contributed by atoms with Crippen molar-refractivity contribution in [2.45, 2.75) is 25.2 Å². The van der Waals surface area contributed by atoms with E-state index in [4.69, 9.17) is 9.47 Å². The van der Waals surface area contributed by atoms with E-state index in [0.29, 0.717) is 12.2 Å². The summed E-state index contributed by atoms with van der Waals surface area (Å²) < 4.78 is 11.2. The minimum atomic E-state index is 0.397. The lowest BCUT2D eigenvalue weighted by molar-refractivity contribution is 0.0462. The molecule has 0 aliphatic carbocycles. The van der Waals surface area contributed by atoms with Gasteiger partial charge in [-0.25, -0.2) is 0 Å². The van der Waals surface area contributed by atoms with E-state index in [1.807, 2.05) is 6.07 Å². The van der Waals surface area contributed by atoms with Gasteiger partial charge in [0, 0.05) is 19.6 Å². The van der Waals surface area contributed by atoms with Crippen LogP contribution in [0.4, 0.5) is 0 Å². The highest BCUT2D eigenvalue weighted by atomic mass is 16.6. The zero-order chi connectivity index (χ0) is 11.5. The van der Waals surface area contributed by atoms with Crippen LogP contribution < -0.4 is 0 Å². The summed E-state index contributed by atoms with van der Waals surface area (Å²) in [6, 6.07) is 10.4. The number of rotatable bonds is 5. The highest BCUT2D eigenvalue weighted by Crippen LogP contribution is 2.18. The molecule has 0 N–H and O–H groups in total. The maximum atomic E-state index is 5.94. The predicted octanol–water partition coefficient (Wildman–Crippen LogP) is 1.68. The highest BCUT2D eigenvalue weighted by Gasteiger charge is 2.30. The Morgan fingerprint density at radius 1 is 1.29 bits per heavy atom. The van der Waals surface area contributed by atoms with Crippen LogP contribution in [0.1, 0.15) is 12.0 Å². The molecular formula is C14H19NO2. The molecule has 17 heavy (non-hydrogen) atoms.